The molecule has 0 radical (unpaired) electrons. The summed E-state index contributed by atoms with van der Waals surface area (Å²) in [6.45, 7) is 6.02. The predicted molar refractivity (Wildman–Crippen MR) is 98.7 cm³/mol. The van der Waals surface area contributed by atoms with Gasteiger partial charge in [-0.1, -0.05) is 19.1 Å². The van der Waals surface area contributed by atoms with E-state index < -0.39 is 0 Å². The van der Waals surface area contributed by atoms with Crippen molar-refractivity contribution in [1.82, 2.24) is 10.9 Å². The van der Waals surface area contributed by atoms with Crippen LogP contribution >= 0.6 is 11.3 Å². The van der Waals surface area contributed by atoms with E-state index in [0.717, 1.165) is 34.1 Å². The molecule has 0 aliphatic heterocycles. The summed E-state index contributed by atoms with van der Waals surface area (Å²) in [5.74, 6) is -0.588. The van der Waals surface area contributed by atoms with Crippen molar-refractivity contribution in [1.29, 1.82) is 0 Å². The Morgan fingerprint density at radius 1 is 1.16 bits per heavy atom. The molecule has 0 spiro atoms. The lowest BCUT2D eigenvalue weighted by Gasteiger charge is -2.05. The third-order valence-electron chi connectivity index (χ3n) is 4.04. The zero-order chi connectivity index (χ0) is 18.0. The second-order valence-corrected chi connectivity index (χ2v) is 7.15. The lowest BCUT2D eigenvalue weighted by atomic mass is 10.1. The van der Waals surface area contributed by atoms with Gasteiger partial charge in [-0.05, 0) is 43.5 Å². The fourth-order valence-corrected chi connectivity index (χ4v) is 3.72. The minimum absolute atomic E-state index is 0.139. The van der Waals surface area contributed by atoms with Crippen molar-refractivity contribution in [2.24, 2.45) is 0 Å². The van der Waals surface area contributed by atoms with Gasteiger partial charge in [0.1, 0.15) is 5.58 Å². The molecule has 25 heavy (non-hydrogen) atoms. The molecular weight excluding hydrogens is 336 g/mol. The molecule has 6 heteroatoms. The summed E-state index contributed by atoms with van der Waals surface area (Å²) >= 11 is 1.45. The van der Waals surface area contributed by atoms with E-state index >= 15 is 0 Å². The number of thiophene rings is 1. The van der Waals surface area contributed by atoms with E-state index in [1.54, 1.807) is 6.26 Å². The van der Waals surface area contributed by atoms with Crippen LogP contribution in [-0.2, 0) is 17.6 Å². The number of aryl methyl sites for hydroxylation is 3. The lowest BCUT2D eigenvalue weighted by Crippen LogP contribution is -2.42. The molecule has 0 bridgehead atoms. The molecule has 0 saturated carbocycles. The molecule has 2 aromatic heterocycles. The molecule has 3 aromatic rings. The largest absolute Gasteiger partial charge is 0.464 e. The molecule has 0 unspecified atom stereocenters. The van der Waals surface area contributed by atoms with Gasteiger partial charge >= 0.3 is 0 Å². The highest BCUT2D eigenvalue weighted by Crippen LogP contribution is 2.23. The van der Waals surface area contributed by atoms with Crippen LogP contribution < -0.4 is 10.9 Å². The van der Waals surface area contributed by atoms with Crippen LogP contribution in [0.25, 0.3) is 11.0 Å². The SMILES string of the molecule is CCc1sc(C(=O)NNC(=O)Cc2coc3cc(C)ccc23)cc1C. The summed E-state index contributed by atoms with van der Waals surface area (Å²) in [4.78, 5) is 26.0. The van der Waals surface area contributed by atoms with Crippen molar-refractivity contribution in [3.05, 3.63) is 57.0 Å². The Morgan fingerprint density at radius 2 is 1.96 bits per heavy atom. The van der Waals surface area contributed by atoms with Crippen LogP contribution in [0, 0.1) is 13.8 Å². The maximum Gasteiger partial charge on any atom is 0.279 e. The van der Waals surface area contributed by atoms with Crippen molar-refractivity contribution in [3.63, 3.8) is 0 Å². The average Bonchev–Trinajstić information content (AvgIpc) is 3.15. The molecule has 130 valence electrons. The van der Waals surface area contributed by atoms with Crippen molar-refractivity contribution in [2.75, 3.05) is 0 Å². The highest BCUT2D eigenvalue weighted by molar-refractivity contribution is 7.14. The summed E-state index contributed by atoms with van der Waals surface area (Å²) in [7, 11) is 0. The van der Waals surface area contributed by atoms with Gasteiger partial charge in [-0.25, -0.2) is 0 Å². The van der Waals surface area contributed by atoms with E-state index in [9.17, 15) is 9.59 Å². The summed E-state index contributed by atoms with van der Waals surface area (Å²) < 4.78 is 5.49. The van der Waals surface area contributed by atoms with Crippen molar-refractivity contribution in [2.45, 2.75) is 33.6 Å². The predicted octanol–water partition coefficient (Wildman–Crippen LogP) is 3.68. The number of amides is 2. The smallest absolute Gasteiger partial charge is 0.279 e. The molecule has 0 saturated heterocycles. The summed E-state index contributed by atoms with van der Waals surface area (Å²) in [5.41, 5.74) is 8.69. The third-order valence-corrected chi connectivity index (χ3v) is 5.42. The molecule has 3 rings (SSSR count). The summed E-state index contributed by atoms with van der Waals surface area (Å²) in [6, 6.07) is 7.70. The molecule has 0 aliphatic rings. The van der Waals surface area contributed by atoms with Crippen LogP contribution in [0.5, 0.6) is 0 Å². The van der Waals surface area contributed by atoms with Gasteiger partial charge in [0.15, 0.2) is 0 Å². The zero-order valence-corrected chi connectivity index (χ0v) is 15.3. The highest BCUT2D eigenvalue weighted by atomic mass is 32.1. The van der Waals surface area contributed by atoms with Crippen LogP contribution in [0.2, 0.25) is 0 Å². The molecule has 2 heterocycles. The van der Waals surface area contributed by atoms with E-state index in [1.165, 1.54) is 16.2 Å². The minimum atomic E-state index is -0.297. The topological polar surface area (TPSA) is 71.3 Å². The quantitative estimate of drug-likeness (QED) is 0.701. The van der Waals surface area contributed by atoms with Gasteiger partial charge in [0.25, 0.3) is 5.91 Å². The molecule has 2 N–H and O–H groups in total. The number of benzene rings is 1. The lowest BCUT2D eigenvalue weighted by molar-refractivity contribution is -0.121. The monoisotopic (exact) mass is 356 g/mol. The average molecular weight is 356 g/mol. The fraction of sp³-hybridized carbons (Fsp3) is 0.263. The Balaban J connectivity index is 1.61. The molecule has 0 aliphatic carbocycles. The number of hydrogen-bond acceptors (Lipinski definition) is 4. The van der Waals surface area contributed by atoms with Gasteiger partial charge < -0.3 is 4.42 Å². The standard InChI is InChI=1S/C19H20N2O3S/c1-4-16-12(3)8-17(25-16)19(23)21-20-18(22)9-13-10-24-15-7-11(2)5-6-14(13)15/h5-8,10H,4,9H2,1-3H3,(H,20,22)(H,21,23). The molecule has 0 atom stereocenters. The van der Waals surface area contributed by atoms with Gasteiger partial charge in [0.2, 0.25) is 5.91 Å². The fourth-order valence-electron chi connectivity index (χ4n) is 2.72. The second kappa shape index (κ2) is 7.11. The van der Waals surface area contributed by atoms with Gasteiger partial charge in [-0.15, -0.1) is 11.3 Å². The first-order valence-corrected chi connectivity index (χ1v) is 8.94. The van der Waals surface area contributed by atoms with Crippen LogP contribution in [0.15, 0.2) is 34.9 Å². The van der Waals surface area contributed by atoms with Crippen molar-refractivity contribution < 1.29 is 14.0 Å². The second-order valence-electron chi connectivity index (χ2n) is 6.01. The first-order valence-electron chi connectivity index (χ1n) is 8.13. The number of furan rings is 1. The summed E-state index contributed by atoms with van der Waals surface area (Å²) in [6.07, 6.45) is 2.62. The van der Waals surface area contributed by atoms with Crippen molar-refractivity contribution >= 4 is 34.1 Å². The number of hydrazine groups is 1. The molecular formula is C19H20N2O3S. The van der Waals surface area contributed by atoms with E-state index in [0.29, 0.717) is 4.88 Å². The number of fused-ring (bicyclic) bond motifs is 1. The Hall–Kier alpha value is -2.60. The Morgan fingerprint density at radius 3 is 2.68 bits per heavy atom. The maximum absolute atomic E-state index is 12.1. The number of nitrogens with one attached hydrogen (secondary N) is 2. The van der Waals surface area contributed by atoms with Crippen molar-refractivity contribution in [3.8, 4) is 0 Å². The van der Waals surface area contributed by atoms with Gasteiger partial charge in [0, 0.05) is 15.8 Å². The van der Waals surface area contributed by atoms with E-state index in [2.05, 4.69) is 17.8 Å². The molecule has 2 amide bonds. The van der Waals surface area contributed by atoms with E-state index in [-0.39, 0.29) is 18.2 Å². The third kappa shape index (κ3) is 3.74. The van der Waals surface area contributed by atoms with Crippen LogP contribution in [0.3, 0.4) is 0 Å². The van der Waals surface area contributed by atoms with Crippen LogP contribution in [-0.4, -0.2) is 11.8 Å². The normalized spacial score (nSPS) is 10.8. The molecule has 1 aromatic carbocycles. The van der Waals surface area contributed by atoms with Gasteiger partial charge in [-0.3, -0.25) is 20.4 Å². The number of hydrogen-bond donors (Lipinski definition) is 2. The molecule has 0 fully saturated rings. The van der Waals surface area contributed by atoms with E-state index in [1.807, 2.05) is 38.1 Å². The van der Waals surface area contributed by atoms with Gasteiger partial charge in [0.05, 0.1) is 17.6 Å². The number of rotatable bonds is 4. The Labute approximate surface area is 150 Å². The Kier molecular flexibility index (Phi) is 4.90. The van der Waals surface area contributed by atoms with Gasteiger partial charge in [-0.2, -0.15) is 0 Å². The number of carbonyl (C=O) groups is 2. The number of carbonyl (C=O) groups excluding carboxylic acids is 2. The first kappa shape index (κ1) is 17.2. The van der Waals surface area contributed by atoms with Crippen LogP contribution in [0.1, 0.15) is 38.2 Å². The minimum Gasteiger partial charge on any atom is -0.464 e. The summed E-state index contributed by atoms with van der Waals surface area (Å²) in [5, 5.41) is 0.911. The zero-order valence-electron chi connectivity index (χ0n) is 14.4. The van der Waals surface area contributed by atoms with Crippen LogP contribution in [0.4, 0.5) is 0 Å². The Bertz CT molecular complexity index is 939. The van der Waals surface area contributed by atoms with E-state index in [4.69, 9.17) is 4.42 Å². The maximum atomic E-state index is 12.1. The first-order chi connectivity index (χ1) is 12.0. The molecule has 5 nitrogen and oxygen atoms in total. The highest BCUT2D eigenvalue weighted by Gasteiger charge is 2.14.